The van der Waals surface area contributed by atoms with Crippen molar-refractivity contribution in [3.05, 3.63) is 70.2 Å². The number of nitrogens with one attached hydrogen (secondary N) is 1. The third-order valence-electron chi connectivity index (χ3n) is 5.06. The van der Waals surface area contributed by atoms with Crippen LogP contribution in [-0.4, -0.2) is 29.3 Å². The molecule has 0 aliphatic rings. The lowest BCUT2D eigenvalue weighted by molar-refractivity contribution is -0.140. The van der Waals surface area contributed by atoms with Gasteiger partial charge in [-0.25, -0.2) is 0 Å². The number of rotatable bonds is 10. The maximum atomic E-state index is 13.3. The zero-order valence-corrected chi connectivity index (χ0v) is 18.3. The first-order valence-electron chi connectivity index (χ1n) is 10.3. The Bertz CT molecular complexity index is 822. The molecule has 2 aromatic carbocycles. The number of benzene rings is 2. The number of nitrogens with zero attached hydrogens (tertiary/aromatic N) is 1. The highest BCUT2D eigenvalue weighted by atomic mass is 35.5. The first-order chi connectivity index (χ1) is 14.0. The van der Waals surface area contributed by atoms with Crippen LogP contribution in [0, 0.1) is 6.92 Å². The molecule has 0 aliphatic carbocycles. The summed E-state index contributed by atoms with van der Waals surface area (Å²) in [6.07, 6.45) is 2.71. The summed E-state index contributed by atoms with van der Waals surface area (Å²) in [5, 5.41) is 3.59. The fourth-order valence-corrected chi connectivity index (χ4v) is 3.53. The average molecular weight is 415 g/mol. The molecule has 0 bridgehead atoms. The molecular formula is C24H31ClN2O2. The van der Waals surface area contributed by atoms with Gasteiger partial charge in [0.05, 0.1) is 6.42 Å². The van der Waals surface area contributed by atoms with Gasteiger partial charge in [0.1, 0.15) is 6.04 Å². The molecule has 0 aliphatic heterocycles. The van der Waals surface area contributed by atoms with E-state index in [-0.39, 0.29) is 18.2 Å². The predicted molar refractivity (Wildman–Crippen MR) is 119 cm³/mol. The molecule has 0 saturated heterocycles. The Kier molecular flexibility index (Phi) is 9.20. The second-order valence-electron chi connectivity index (χ2n) is 7.32. The van der Waals surface area contributed by atoms with Crippen molar-refractivity contribution in [1.29, 1.82) is 0 Å². The summed E-state index contributed by atoms with van der Waals surface area (Å²) in [5.41, 5.74) is 3.00. The van der Waals surface area contributed by atoms with Crippen LogP contribution in [0.4, 0.5) is 0 Å². The summed E-state index contributed by atoms with van der Waals surface area (Å²) in [6, 6.07) is 14.8. The van der Waals surface area contributed by atoms with Crippen molar-refractivity contribution in [2.75, 3.05) is 6.54 Å². The Morgan fingerprint density at radius 1 is 1.10 bits per heavy atom. The molecule has 0 fully saturated rings. The number of halogens is 1. The van der Waals surface area contributed by atoms with E-state index in [0.717, 1.165) is 29.5 Å². The topological polar surface area (TPSA) is 49.4 Å². The monoisotopic (exact) mass is 414 g/mol. The Hall–Kier alpha value is -2.33. The average Bonchev–Trinajstić information content (AvgIpc) is 2.69. The molecule has 4 nitrogen and oxygen atoms in total. The van der Waals surface area contributed by atoms with Crippen LogP contribution in [0.1, 0.15) is 49.8 Å². The Balaban J connectivity index is 2.26. The summed E-state index contributed by atoms with van der Waals surface area (Å²) in [4.78, 5) is 27.8. The lowest BCUT2D eigenvalue weighted by Gasteiger charge is -2.31. The molecule has 156 valence electrons. The van der Waals surface area contributed by atoms with E-state index < -0.39 is 6.04 Å². The largest absolute Gasteiger partial charge is 0.354 e. The summed E-state index contributed by atoms with van der Waals surface area (Å²) in [7, 11) is 0. The van der Waals surface area contributed by atoms with Crippen molar-refractivity contribution in [3.8, 4) is 0 Å². The number of hydrogen-bond acceptors (Lipinski definition) is 2. The van der Waals surface area contributed by atoms with E-state index >= 15 is 0 Å². The molecule has 2 rings (SSSR count). The quantitative estimate of drug-likeness (QED) is 0.561. The van der Waals surface area contributed by atoms with Gasteiger partial charge in [-0.15, -0.1) is 0 Å². The molecule has 1 N–H and O–H groups in total. The smallest absolute Gasteiger partial charge is 0.242 e. The number of amides is 2. The molecule has 29 heavy (non-hydrogen) atoms. The molecule has 2 aromatic rings. The summed E-state index contributed by atoms with van der Waals surface area (Å²) >= 11 is 6.08. The normalized spacial score (nSPS) is 11.7. The van der Waals surface area contributed by atoms with Gasteiger partial charge in [-0.1, -0.05) is 68.3 Å². The van der Waals surface area contributed by atoms with E-state index in [1.54, 1.807) is 17.0 Å². The Morgan fingerprint density at radius 3 is 2.52 bits per heavy atom. The Labute approximate surface area is 179 Å². The number of carbonyl (C=O) groups excluding carboxylic acids is 2. The fourth-order valence-electron chi connectivity index (χ4n) is 3.32. The molecule has 0 radical (unpaired) electrons. The molecule has 0 unspecified atom stereocenters. The van der Waals surface area contributed by atoms with Crippen LogP contribution in [0.2, 0.25) is 5.02 Å². The molecule has 0 saturated carbocycles. The predicted octanol–water partition coefficient (Wildman–Crippen LogP) is 4.91. The second-order valence-corrected chi connectivity index (χ2v) is 7.76. The van der Waals surface area contributed by atoms with Crippen molar-refractivity contribution >= 4 is 23.4 Å². The van der Waals surface area contributed by atoms with Crippen molar-refractivity contribution in [2.45, 2.75) is 59.0 Å². The summed E-state index contributed by atoms with van der Waals surface area (Å²) in [6.45, 7) is 7.10. The van der Waals surface area contributed by atoms with Gasteiger partial charge in [0.15, 0.2) is 0 Å². The van der Waals surface area contributed by atoms with Crippen LogP contribution in [-0.2, 0) is 22.6 Å². The molecule has 2 amide bonds. The van der Waals surface area contributed by atoms with Gasteiger partial charge in [-0.05, 0) is 48.6 Å². The van der Waals surface area contributed by atoms with Crippen LogP contribution in [0.25, 0.3) is 0 Å². The van der Waals surface area contributed by atoms with Crippen molar-refractivity contribution in [2.24, 2.45) is 0 Å². The summed E-state index contributed by atoms with van der Waals surface area (Å²) < 4.78 is 0. The van der Waals surface area contributed by atoms with Crippen LogP contribution in [0.15, 0.2) is 48.5 Å². The highest BCUT2D eigenvalue weighted by Gasteiger charge is 2.28. The molecule has 5 heteroatoms. The van der Waals surface area contributed by atoms with Crippen molar-refractivity contribution < 1.29 is 9.59 Å². The van der Waals surface area contributed by atoms with Gasteiger partial charge in [0.2, 0.25) is 11.8 Å². The number of unbranched alkanes of at least 4 members (excludes halogenated alkanes) is 1. The first-order valence-corrected chi connectivity index (χ1v) is 10.7. The number of carbonyl (C=O) groups is 2. The zero-order chi connectivity index (χ0) is 21.2. The van der Waals surface area contributed by atoms with E-state index in [1.807, 2.05) is 50.2 Å². The minimum Gasteiger partial charge on any atom is -0.354 e. The first kappa shape index (κ1) is 23.0. The van der Waals surface area contributed by atoms with Crippen molar-refractivity contribution in [1.82, 2.24) is 10.2 Å². The highest BCUT2D eigenvalue weighted by Crippen LogP contribution is 2.18. The van der Waals surface area contributed by atoms with E-state index in [9.17, 15) is 9.59 Å². The van der Waals surface area contributed by atoms with Gasteiger partial charge in [0.25, 0.3) is 0 Å². The number of aryl methyl sites for hydroxylation is 1. The van der Waals surface area contributed by atoms with Gasteiger partial charge in [0, 0.05) is 18.1 Å². The second kappa shape index (κ2) is 11.6. The zero-order valence-electron chi connectivity index (χ0n) is 17.6. The molecule has 1 atom stereocenters. The molecule has 0 spiro atoms. The van der Waals surface area contributed by atoms with Crippen molar-refractivity contribution in [3.63, 3.8) is 0 Å². The van der Waals surface area contributed by atoms with E-state index in [4.69, 9.17) is 11.6 Å². The molecule has 0 aromatic heterocycles. The van der Waals surface area contributed by atoms with E-state index in [1.165, 1.54) is 0 Å². The number of hydrogen-bond donors (Lipinski definition) is 1. The third-order valence-corrected chi connectivity index (χ3v) is 5.30. The highest BCUT2D eigenvalue weighted by molar-refractivity contribution is 6.30. The van der Waals surface area contributed by atoms with Gasteiger partial charge >= 0.3 is 0 Å². The van der Waals surface area contributed by atoms with Crippen LogP contribution >= 0.6 is 11.6 Å². The SMILES string of the molecule is CCCCNC(=O)[C@H](CC)N(Cc1ccccc1C)C(=O)Cc1cccc(Cl)c1. The van der Waals surface area contributed by atoms with Gasteiger partial charge < -0.3 is 10.2 Å². The van der Waals surface area contributed by atoms with E-state index in [0.29, 0.717) is 24.5 Å². The lowest BCUT2D eigenvalue weighted by Crippen LogP contribution is -2.49. The molecular weight excluding hydrogens is 384 g/mol. The third kappa shape index (κ3) is 6.90. The van der Waals surface area contributed by atoms with Crippen LogP contribution in [0.3, 0.4) is 0 Å². The minimum atomic E-state index is -0.502. The van der Waals surface area contributed by atoms with Crippen LogP contribution in [0.5, 0.6) is 0 Å². The maximum Gasteiger partial charge on any atom is 0.242 e. The van der Waals surface area contributed by atoms with E-state index in [2.05, 4.69) is 12.2 Å². The lowest BCUT2D eigenvalue weighted by atomic mass is 10.0. The minimum absolute atomic E-state index is 0.0759. The van der Waals surface area contributed by atoms with Gasteiger partial charge in [-0.3, -0.25) is 9.59 Å². The fraction of sp³-hybridized carbons (Fsp3) is 0.417. The standard InChI is InChI=1S/C24H31ClN2O2/c1-4-6-14-26-24(29)22(5-2)27(17-20-12-8-7-10-18(20)3)23(28)16-19-11-9-13-21(25)15-19/h7-13,15,22H,4-6,14,16-17H2,1-3H3,(H,26,29)/t22-/m0/s1. The van der Waals surface area contributed by atoms with Crippen LogP contribution < -0.4 is 5.32 Å². The molecule has 0 heterocycles. The maximum absolute atomic E-state index is 13.3. The Morgan fingerprint density at radius 2 is 1.86 bits per heavy atom. The summed E-state index contributed by atoms with van der Waals surface area (Å²) in [5.74, 6) is -0.165. The van der Waals surface area contributed by atoms with Gasteiger partial charge in [-0.2, -0.15) is 0 Å².